The van der Waals surface area contributed by atoms with Crippen molar-refractivity contribution in [3.63, 3.8) is 0 Å². The molecule has 0 fully saturated rings. The fraction of sp³-hybridized carbons (Fsp3) is 0.583. The zero-order valence-corrected chi connectivity index (χ0v) is 11.1. The molecule has 0 aliphatic carbocycles. The number of hydrogen-bond donors (Lipinski definition) is 2. The van der Waals surface area contributed by atoms with Crippen LogP contribution in [0.4, 0.5) is 0 Å². The summed E-state index contributed by atoms with van der Waals surface area (Å²) in [6, 6.07) is 0.0374. The second-order valence-corrected chi connectivity index (χ2v) is 4.26. The van der Waals surface area contributed by atoms with E-state index in [4.69, 9.17) is 10.5 Å². The van der Waals surface area contributed by atoms with Gasteiger partial charge in [-0.1, -0.05) is 12.2 Å². The van der Waals surface area contributed by atoms with E-state index in [9.17, 15) is 0 Å². The molecule has 0 radical (unpaired) electrons. The van der Waals surface area contributed by atoms with Crippen molar-refractivity contribution >= 4 is 0 Å². The molecule has 1 rings (SSSR count). The Kier molecular flexibility index (Phi) is 4.72. The summed E-state index contributed by atoms with van der Waals surface area (Å²) in [4.78, 5) is 0. The van der Waals surface area contributed by atoms with Crippen LogP contribution < -0.4 is 15.8 Å². The molecule has 0 aromatic carbocycles. The summed E-state index contributed by atoms with van der Waals surface area (Å²) in [6.45, 7) is 9.04. The maximum absolute atomic E-state index is 5.81. The van der Waals surface area contributed by atoms with Crippen LogP contribution in [0.15, 0.2) is 12.2 Å². The van der Waals surface area contributed by atoms with E-state index in [0.717, 1.165) is 29.3 Å². The molecular weight excluding hydrogens is 216 g/mol. The Morgan fingerprint density at radius 2 is 2.29 bits per heavy atom. The summed E-state index contributed by atoms with van der Waals surface area (Å²) in [5.74, 6) is 0.757. The van der Waals surface area contributed by atoms with Crippen LogP contribution >= 0.6 is 0 Å². The summed E-state index contributed by atoms with van der Waals surface area (Å²) in [7, 11) is 3.51. The zero-order valence-electron chi connectivity index (χ0n) is 11.1. The van der Waals surface area contributed by atoms with Gasteiger partial charge in [0.15, 0.2) is 0 Å². The molecule has 0 saturated carbocycles. The fourth-order valence-corrected chi connectivity index (χ4v) is 1.90. The van der Waals surface area contributed by atoms with Crippen LogP contribution in [-0.2, 0) is 7.05 Å². The molecule has 1 atom stereocenters. The van der Waals surface area contributed by atoms with Gasteiger partial charge in [0.2, 0.25) is 5.88 Å². The van der Waals surface area contributed by atoms with Crippen LogP contribution in [0, 0.1) is 6.92 Å². The molecule has 1 unspecified atom stereocenters. The maximum atomic E-state index is 5.81. The van der Waals surface area contributed by atoms with Gasteiger partial charge in [-0.2, -0.15) is 5.10 Å². The highest BCUT2D eigenvalue weighted by Crippen LogP contribution is 2.27. The van der Waals surface area contributed by atoms with Crippen molar-refractivity contribution in [3.8, 4) is 5.88 Å². The molecule has 0 bridgehead atoms. The molecule has 1 heterocycles. The molecule has 96 valence electrons. The first kappa shape index (κ1) is 13.7. The lowest BCUT2D eigenvalue weighted by molar-refractivity contribution is 0.363. The van der Waals surface area contributed by atoms with Gasteiger partial charge in [-0.25, -0.2) is 4.68 Å². The first-order chi connectivity index (χ1) is 8.01. The van der Waals surface area contributed by atoms with E-state index in [1.165, 1.54) is 0 Å². The normalized spacial score (nSPS) is 12.5. The van der Waals surface area contributed by atoms with Crippen LogP contribution in [0.3, 0.4) is 0 Å². The summed E-state index contributed by atoms with van der Waals surface area (Å²) < 4.78 is 7.10. The van der Waals surface area contributed by atoms with Gasteiger partial charge in [-0.05, 0) is 13.8 Å². The molecule has 5 heteroatoms. The van der Waals surface area contributed by atoms with E-state index >= 15 is 0 Å². The number of hydrogen-bond acceptors (Lipinski definition) is 4. The molecule has 3 N–H and O–H groups in total. The molecule has 0 amide bonds. The lowest BCUT2D eigenvalue weighted by atomic mass is 10.1. The molecule has 0 aliphatic rings. The van der Waals surface area contributed by atoms with E-state index in [1.54, 1.807) is 11.8 Å². The van der Waals surface area contributed by atoms with Crippen LogP contribution in [-0.4, -0.2) is 30.0 Å². The minimum absolute atomic E-state index is 0.0374. The van der Waals surface area contributed by atoms with Crippen molar-refractivity contribution in [2.45, 2.75) is 19.9 Å². The van der Waals surface area contributed by atoms with Gasteiger partial charge in [-0.3, -0.25) is 0 Å². The first-order valence-corrected chi connectivity index (χ1v) is 5.66. The number of aryl methyl sites for hydroxylation is 2. The van der Waals surface area contributed by atoms with Gasteiger partial charge >= 0.3 is 0 Å². The van der Waals surface area contributed by atoms with E-state index in [0.29, 0.717) is 6.54 Å². The third kappa shape index (κ3) is 3.08. The monoisotopic (exact) mass is 238 g/mol. The predicted molar refractivity (Wildman–Crippen MR) is 69.1 cm³/mol. The highest BCUT2D eigenvalue weighted by molar-refractivity contribution is 5.34. The fourth-order valence-electron chi connectivity index (χ4n) is 1.90. The zero-order chi connectivity index (χ0) is 13.0. The third-order valence-electron chi connectivity index (χ3n) is 2.64. The van der Waals surface area contributed by atoms with E-state index < -0.39 is 0 Å². The van der Waals surface area contributed by atoms with Gasteiger partial charge in [0.1, 0.15) is 0 Å². The predicted octanol–water partition coefficient (Wildman–Crippen LogP) is 0.903. The van der Waals surface area contributed by atoms with Crippen LogP contribution in [0.1, 0.15) is 24.2 Å². The smallest absolute Gasteiger partial charge is 0.216 e. The van der Waals surface area contributed by atoms with Crippen molar-refractivity contribution in [1.29, 1.82) is 0 Å². The highest BCUT2D eigenvalue weighted by atomic mass is 16.5. The van der Waals surface area contributed by atoms with E-state index in [1.807, 2.05) is 20.9 Å². The Morgan fingerprint density at radius 3 is 2.76 bits per heavy atom. The Balaban J connectivity index is 2.98. The summed E-state index contributed by atoms with van der Waals surface area (Å²) in [6.07, 6.45) is 0. The Hall–Kier alpha value is -1.33. The molecule has 1 aromatic heterocycles. The van der Waals surface area contributed by atoms with Crippen molar-refractivity contribution in [3.05, 3.63) is 23.4 Å². The largest absolute Gasteiger partial charge is 0.481 e. The van der Waals surface area contributed by atoms with Crippen molar-refractivity contribution in [1.82, 2.24) is 15.1 Å². The lowest BCUT2D eigenvalue weighted by Gasteiger charge is -2.18. The van der Waals surface area contributed by atoms with Crippen LogP contribution in [0.2, 0.25) is 0 Å². The second kappa shape index (κ2) is 5.84. The summed E-state index contributed by atoms with van der Waals surface area (Å²) >= 11 is 0. The summed E-state index contributed by atoms with van der Waals surface area (Å²) in [5.41, 5.74) is 8.85. The number of nitrogens with one attached hydrogen (secondary N) is 1. The SMILES string of the molecule is C=C(C)CNC(CN)c1c(C)nn(C)c1OC. The third-order valence-corrected chi connectivity index (χ3v) is 2.64. The molecule has 5 nitrogen and oxygen atoms in total. The topological polar surface area (TPSA) is 65.1 Å². The van der Waals surface area contributed by atoms with Gasteiger partial charge in [0, 0.05) is 20.1 Å². The lowest BCUT2D eigenvalue weighted by Crippen LogP contribution is -2.30. The molecular formula is C12H22N4O. The van der Waals surface area contributed by atoms with E-state index in [2.05, 4.69) is 17.0 Å². The molecule has 0 aliphatic heterocycles. The maximum Gasteiger partial charge on any atom is 0.216 e. The van der Waals surface area contributed by atoms with Crippen LogP contribution in [0.5, 0.6) is 5.88 Å². The number of nitrogens with two attached hydrogens (primary N) is 1. The standard InChI is InChI=1S/C12H22N4O/c1-8(2)7-14-10(6-13)11-9(3)15-16(4)12(11)17-5/h10,14H,1,6-7,13H2,2-5H3. The Labute approximate surface area is 103 Å². The minimum atomic E-state index is 0.0374. The van der Waals surface area contributed by atoms with Crippen molar-refractivity contribution in [2.24, 2.45) is 12.8 Å². The molecule has 17 heavy (non-hydrogen) atoms. The minimum Gasteiger partial charge on any atom is -0.481 e. The number of methoxy groups -OCH3 is 1. The number of rotatable bonds is 6. The number of ether oxygens (including phenoxy) is 1. The van der Waals surface area contributed by atoms with Gasteiger partial charge < -0.3 is 15.8 Å². The molecule has 1 aromatic rings. The first-order valence-electron chi connectivity index (χ1n) is 5.66. The highest BCUT2D eigenvalue weighted by Gasteiger charge is 2.21. The summed E-state index contributed by atoms with van der Waals surface area (Å²) in [5, 5.41) is 7.71. The van der Waals surface area contributed by atoms with Gasteiger partial charge in [-0.15, -0.1) is 0 Å². The second-order valence-electron chi connectivity index (χ2n) is 4.26. The van der Waals surface area contributed by atoms with Crippen molar-refractivity contribution < 1.29 is 4.74 Å². The number of nitrogens with zero attached hydrogens (tertiary/aromatic N) is 2. The van der Waals surface area contributed by atoms with Crippen LogP contribution in [0.25, 0.3) is 0 Å². The average molecular weight is 238 g/mol. The Morgan fingerprint density at radius 1 is 1.65 bits per heavy atom. The van der Waals surface area contributed by atoms with E-state index in [-0.39, 0.29) is 6.04 Å². The van der Waals surface area contributed by atoms with Crippen molar-refractivity contribution in [2.75, 3.05) is 20.2 Å². The quantitative estimate of drug-likeness (QED) is 0.723. The number of aromatic nitrogens is 2. The van der Waals surface area contributed by atoms with Gasteiger partial charge in [0.25, 0.3) is 0 Å². The molecule has 0 spiro atoms. The Bertz CT molecular complexity index is 397. The molecule has 0 saturated heterocycles. The average Bonchev–Trinajstić information content (AvgIpc) is 2.54. The van der Waals surface area contributed by atoms with Gasteiger partial charge in [0.05, 0.1) is 24.4 Å².